The normalized spacial score (nSPS) is 20.2. The molecule has 0 bridgehead atoms. The molecule has 1 aromatic rings. The number of hydrogen-bond acceptors (Lipinski definition) is 3. The van der Waals surface area contributed by atoms with E-state index in [2.05, 4.69) is 39.7 Å². The molecule has 1 fully saturated rings. The van der Waals surface area contributed by atoms with Crippen LogP contribution in [0.25, 0.3) is 0 Å². The van der Waals surface area contributed by atoms with E-state index in [4.69, 9.17) is 5.84 Å². The zero-order chi connectivity index (χ0) is 10.8. The molecule has 2 rings (SSSR count). The molecular weight excluding hydrogens is 272 g/mol. The summed E-state index contributed by atoms with van der Waals surface area (Å²) in [6.45, 7) is 2.31. The second-order valence-electron chi connectivity index (χ2n) is 4.41. The van der Waals surface area contributed by atoms with Gasteiger partial charge in [0.05, 0.1) is 0 Å². The van der Waals surface area contributed by atoms with Crippen LogP contribution in [0, 0.1) is 11.8 Å². The predicted molar refractivity (Wildman–Crippen MR) is 68.7 cm³/mol. The van der Waals surface area contributed by atoms with Gasteiger partial charge in [-0.1, -0.05) is 6.92 Å². The largest absolute Gasteiger partial charge is 0.271 e. The van der Waals surface area contributed by atoms with E-state index in [1.54, 1.807) is 11.3 Å². The average molecular weight is 289 g/mol. The van der Waals surface area contributed by atoms with Gasteiger partial charge in [-0.05, 0) is 53.1 Å². The summed E-state index contributed by atoms with van der Waals surface area (Å²) in [5.41, 5.74) is 2.97. The van der Waals surface area contributed by atoms with Crippen LogP contribution in [0.3, 0.4) is 0 Å². The highest BCUT2D eigenvalue weighted by atomic mass is 79.9. The minimum Gasteiger partial charge on any atom is -0.271 e. The molecule has 1 aliphatic carbocycles. The summed E-state index contributed by atoms with van der Waals surface area (Å²) in [7, 11) is 0. The summed E-state index contributed by atoms with van der Waals surface area (Å²) in [4.78, 5) is 1.40. The van der Waals surface area contributed by atoms with Crippen molar-refractivity contribution in [2.45, 2.75) is 32.2 Å². The fourth-order valence-electron chi connectivity index (χ4n) is 2.02. The smallest absolute Gasteiger partial charge is 0.0287 e. The van der Waals surface area contributed by atoms with E-state index in [0.29, 0.717) is 12.0 Å². The second kappa shape index (κ2) is 4.95. The van der Waals surface area contributed by atoms with Gasteiger partial charge in [0, 0.05) is 20.8 Å². The number of halogens is 1. The highest BCUT2D eigenvalue weighted by Gasteiger charge is 2.32. The van der Waals surface area contributed by atoms with Crippen LogP contribution in [0.4, 0.5) is 0 Å². The van der Waals surface area contributed by atoms with Gasteiger partial charge >= 0.3 is 0 Å². The molecule has 0 aromatic carbocycles. The van der Waals surface area contributed by atoms with Crippen molar-refractivity contribution in [3.63, 3.8) is 0 Å². The first-order valence-electron chi connectivity index (χ1n) is 5.39. The quantitative estimate of drug-likeness (QED) is 0.646. The molecule has 0 spiro atoms. The van der Waals surface area contributed by atoms with Crippen LogP contribution in [0.15, 0.2) is 15.9 Å². The van der Waals surface area contributed by atoms with Gasteiger partial charge in [0.15, 0.2) is 0 Å². The van der Waals surface area contributed by atoms with E-state index in [-0.39, 0.29) is 0 Å². The zero-order valence-corrected chi connectivity index (χ0v) is 11.3. The fraction of sp³-hybridized carbons (Fsp3) is 0.636. The maximum Gasteiger partial charge on any atom is 0.0287 e. The fourth-order valence-corrected chi connectivity index (χ4v) is 3.54. The zero-order valence-electron chi connectivity index (χ0n) is 8.87. The minimum absolute atomic E-state index is 0.419. The van der Waals surface area contributed by atoms with Gasteiger partial charge in [0.25, 0.3) is 0 Å². The Kier molecular flexibility index (Phi) is 3.83. The molecule has 0 saturated heterocycles. The summed E-state index contributed by atoms with van der Waals surface area (Å²) >= 11 is 5.28. The molecule has 0 amide bonds. The topological polar surface area (TPSA) is 38.0 Å². The molecule has 0 aliphatic heterocycles. The van der Waals surface area contributed by atoms with Crippen molar-refractivity contribution >= 4 is 27.3 Å². The van der Waals surface area contributed by atoms with Gasteiger partial charge in [0.1, 0.15) is 0 Å². The number of thiophene rings is 1. The summed E-state index contributed by atoms with van der Waals surface area (Å²) < 4.78 is 1.18. The Morgan fingerprint density at radius 2 is 2.40 bits per heavy atom. The maximum atomic E-state index is 5.64. The molecule has 15 heavy (non-hydrogen) atoms. The summed E-state index contributed by atoms with van der Waals surface area (Å²) in [5, 5.41) is 2.13. The van der Waals surface area contributed by atoms with Crippen LogP contribution in [0.5, 0.6) is 0 Å². The van der Waals surface area contributed by atoms with E-state index in [1.165, 1.54) is 22.2 Å². The van der Waals surface area contributed by atoms with Gasteiger partial charge in [0.2, 0.25) is 0 Å². The van der Waals surface area contributed by atoms with Crippen LogP contribution < -0.4 is 11.3 Å². The molecule has 0 radical (unpaired) electrons. The van der Waals surface area contributed by atoms with Crippen molar-refractivity contribution in [3.8, 4) is 0 Å². The van der Waals surface area contributed by atoms with Crippen LogP contribution in [0.2, 0.25) is 0 Å². The average Bonchev–Trinajstić information content (AvgIpc) is 2.99. The Morgan fingerprint density at radius 1 is 1.67 bits per heavy atom. The Labute approximate surface area is 103 Å². The second-order valence-corrected chi connectivity index (χ2v) is 6.32. The minimum atomic E-state index is 0.419. The van der Waals surface area contributed by atoms with Crippen molar-refractivity contribution in [2.75, 3.05) is 0 Å². The Morgan fingerprint density at radius 3 is 2.87 bits per heavy atom. The Balaban J connectivity index is 1.95. The molecule has 1 aliphatic rings. The van der Waals surface area contributed by atoms with Gasteiger partial charge in [-0.2, -0.15) is 0 Å². The molecule has 2 atom stereocenters. The number of hydrazine groups is 1. The number of hydrogen-bond donors (Lipinski definition) is 2. The summed E-state index contributed by atoms with van der Waals surface area (Å²) in [6.07, 6.45) is 3.81. The third kappa shape index (κ3) is 3.03. The van der Waals surface area contributed by atoms with Gasteiger partial charge in [-0.25, -0.2) is 0 Å². The molecule has 1 saturated carbocycles. The molecule has 1 heterocycles. The van der Waals surface area contributed by atoms with Crippen LogP contribution >= 0.6 is 27.3 Å². The highest BCUT2D eigenvalue weighted by Crippen LogP contribution is 2.39. The third-order valence-electron chi connectivity index (χ3n) is 3.26. The van der Waals surface area contributed by atoms with Crippen molar-refractivity contribution in [1.82, 2.24) is 5.43 Å². The van der Waals surface area contributed by atoms with Crippen LogP contribution in [-0.2, 0) is 6.42 Å². The van der Waals surface area contributed by atoms with Crippen molar-refractivity contribution in [3.05, 3.63) is 20.8 Å². The molecule has 2 unspecified atom stereocenters. The SMILES string of the molecule is CC(C1CC1)C(Cc1cc(Br)cs1)NN. The van der Waals surface area contributed by atoms with E-state index in [0.717, 1.165) is 12.3 Å². The maximum absolute atomic E-state index is 5.64. The molecule has 3 N–H and O–H groups in total. The van der Waals surface area contributed by atoms with Gasteiger partial charge in [-0.3, -0.25) is 11.3 Å². The lowest BCUT2D eigenvalue weighted by Gasteiger charge is -2.22. The van der Waals surface area contributed by atoms with Crippen LogP contribution in [0.1, 0.15) is 24.6 Å². The van der Waals surface area contributed by atoms with E-state index in [9.17, 15) is 0 Å². The number of rotatable bonds is 5. The van der Waals surface area contributed by atoms with Crippen molar-refractivity contribution < 1.29 is 0 Å². The lowest BCUT2D eigenvalue weighted by molar-refractivity contribution is 0.345. The Hall–Kier alpha value is 0.1000. The third-order valence-corrected chi connectivity index (χ3v) is 4.98. The standard InChI is InChI=1S/C11H17BrN2S/c1-7(8-2-3-8)11(14-13)5-10-4-9(12)6-15-10/h4,6-8,11,14H,2-3,5,13H2,1H3. The first kappa shape index (κ1) is 11.6. The summed E-state index contributed by atoms with van der Waals surface area (Å²) in [5.74, 6) is 7.23. The van der Waals surface area contributed by atoms with Crippen LogP contribution in [-0.4, -0.2) is 6.04 Å². The van der Waals surface area contributed by atoms with Crippen molar-refractivity contribution in [2.24, 2.45) is 17.7 Å². The monoisotopic (exact) mass is 288 g/mol. The lowest BCUT2D eigenvalue weighted by Crippen LogP contribution is -2.42. The molecule has 84 valence electrons. The highest BCUT2D eigenvalue weighted by molar-refractivity contribution is 9.10. The molecular formula is C11H17BrN2S. The molecule has 2 nitrogen and oxygen atoms in total. The predicted octanol–water partition coefficient (Wildman–Crippen LogP) is 2.93. The number of nitrogens with one attached hydrogen (secondary N) is 1. The first-order chi connectivity index (χ1) is 7.20. The summed E-state index contributed by atoms with van der Waals surface area (Å²) in [6, 6.07) is 2.61. The van der Waals surface area contributed by atoms with E-state index < -0.39 is 0 Å². The lowest BCUT2D eigenvalue weighted by atomic mass is 9.94. The first-order valence-corrected chi connectivity index (χ1v) is 7.07. The van der Waals surface area contributed by atoms with Gasteiger partial charge in [-0.15, -0.1) is 11.3 Å². The van der Waals surface area contributed by atoms with Gasteiger partial charge < -0.3 is 0 Å². The van der Waals surface area contributed by atoms with E-state index in [1.807, 2.05) is 0 Å². The Bertz CT molecular complexity index is 322. The number of nitrogens with two attached hydrogens (primary N) is 1. The van der Waals surface area contributed by atoms with E-state index >= 15 is 0 Å². The van der Waals surface area contributed by atoms with Crippen molar-refractivity contribution in [1.29, 1.82) is 0 Å². The molecule has 4 heteroatoms. The molecule has 1 aromatic heterocycles.